The minimum absolute atomic E-state index is 0.0588. The largest absolute Gasteiger partial charge is 0.455 e. The summed E-state index contributed by atoms with van der Waals surface area (Å²) in [5.74, 6) is -2.91. The van der Waals surface area contributed by atoms with Crippen LogP contribution in [0.4, 0.5) is 10.1 Å². The molecule has 0 bridgehead atoms. The molecule has 1 rings (SSSR count). The van der Waals surface area contributed by atoms with Crippen molar-refractivity contribution in [1.29, 1.82) is 0 Å². The smallest absolute Gasteiger partial charge is 0.316 e. The number of hydrogen-bond acceptors (Lipinski definition) is 6. The Hall–Kier alpha value is -2.62. The van der Waals surface area contributed by atoms with Crippen LogP contribution in [0.25, 0.3) is 0 Å². The number of nitrogens with one attached hydrogen (secondary N) is 3. The predicted molar refractivity (Wildman–Crippen MR) is 90.4 cm³/mol. The zero-order valence-corrected chi connectivity index (χ0v) is 14.3. The van der Waals surface area contributed by atoms with Gasteiger partial charge in [-0.3, -0.25) is 19.2 Å². The van der Waals surface area contributed by atoms with Gasteiger partial charge in [0.15, 0.2) is 6.61 Å². The van der Waals surface area contributed by atoms with Crippen LogP contribution in [0, 0.1) is 5.82 Å². The first-order valence-corrected chi connectivity index (χ1v) is 8.33. The summed E-state index contributed by atoms with van der Waals surface area (Å²) in [6, 6.07) is 5.72. The van der Waals surface area contributed by atoms with Crippen LogP contribution < -0.4 is 16.0 Å². The van der Waals surface area contributed by atoms with E-state index < -0.39 is 30.2 Å². The third kappa shape index (κ3) is 8.70. The lowest BCUT2D eigenvalue weighted by Gasteiger charge is -2.07. The number of thioether (sulfide) groups is 1. The summed E-state index contributed by atoms with van der Waals surface area (Å²) < 4.78 is 18.0. The molecule has 0 aliphatic heterocycles. The average Bonchev–Trinajstić information content (AvgIpc) is 2.59. The second-order valence-electron chi connectivity index (χ2n) is 4.63. The molecule has 0 aliphatic rings. The van der Waals surface area contributed by atoms with Crippen LogP contribution in [-0.4, -0.2) is 55.4 Å². The van der Waals surface area contributed by atoms with Gasteiger partial charge in [0.2, 0.25) is 11.8 Å². The van der Waals surface area contributed by atoms with E-state index in [-0.39, 0.29) is 29.6 Å². The highest BCUT2D eigenvalue weighted by atomic mass is 32.2. The van der Waals surface area contributed by atoms with Gasteiger partial charge >= 0.3 is 5.97 Å². The number of carbonyl (C=O) groups is 4. The second kappa shape index (κ2) is 11.0. The monoisotopic (exact) mass is 371 g/mol. The number of halogens is 1. The molecule has 0 aliphatic carbocycles. The number of likely N-dealkylation sites (N-methyl/N-ethyl adjacent to an activating group) is 1. The first-order valence-electron chi connectivity index (χ1n) is 7.17. The molecule has 0 saturated heterocycles. The molecule has 10 heteroatoms. The van der Waals surface area contributed by atoms with Gasteiger partial charge < -0.3 is 20.7 Å². The van der Waals surface area contributed by atoms with Crippen molar-refractivity contribution in [2.45, 2.75) is 0 Å². The van der Waals surface area contributed by atoms with Crippen molar-refractivity contribution in [3.63, 3.8) is 0 Å². The van der Waals surface area contributed by atoms with Crippen molar-refractivity contribution in [2.75, 3.05) is 37.0 Å². The SMILES string of the molecule is CNC(=O)CNC(=O)COC(=O)CSCC(=O)Nc1ccccc1F. The Kier molecular flexibility index (Phi) is 9.01. The van der Waals surface area contributed by atoms with Crippen molar-refractivity contribution in [3.05, 3.63) is 30.1 Å². The number of esters is 1. The molecule has 136 valence electrons. The first-order chi connectivity index (χ1) is 11.9. The normalized spacial score (nSPS) is 9.84. The highest BCUT2D eigenvalue weighted by Crippen LogP contribution is 2.13. The summed E-state index contributed by atoms with van der Waals surface area (Å²) in [4.78, 5) is 45.3. The van der Waals surface area contributed by atoms with Gasteiger partial charge in [-0.1, -0.05) is 12.1 Å². The van der Waals surface area contributed by atoms with E-state index in [1.54, 1.807) is 6.07 Å². The van der Waals surface area contributed by atoms with Crippen molar-refractivity contribution < 1.29 is 28.3 Å². The minimum Gasteiger partial charge on any atom is -0.455 e. The molecule has 0 spiro atoms. The molecule has 0 aromatic heterocycles. The summed E-state index contributed by atoms with van der Waals surface area (Å²) in [6.07, 6.45) is 0. The number of para-hydroxylation sites is 1. The Morgan fingerprint density at radius 3 is 2.48 bits per heavy atom. The molecular weight excluding hydrogens is 353 g/mol. The molecule has 1 aromatic carbocycles. The van der Waals surface area contributed by atoms with Crippen LogP contribution in [0.1, 0.15) is 0 Å². The lowest BCUT2D eigenvalue weighted by atomic mass is 10.3. The number of rotatable bonds is 9. The van der Waals surface area contributed by atoms with E-state index in [1.807, 2.05) is 0 Å². The fourth-order valence-electron chi connectivity index (χ4n) is 1.48. The van der Waals surface area contributed by atoms with Gasteiger partial charge in [-0.2, -0.15) is 0 Å². The van der Waals surface area contributed by atoms with Crippen molar-refractivity contribution in [1.82, 2.24) is 10.6 Å². The van der Waals surface area contributed by atoms with Crippen molar-refractivity contribution >= 4 is 41.1 Å². The summed E-state index contributed by atoms with van der Waals surface area (Å²) in [5, 5.41) is 6.96. The molecule has 0 heterocycles. The zero-order valence-electron chi connectivity index (χ0n) is 13.5. The van der Waals surface area contributed by atoms with E-state index >= 15 is 0 Å². The highest BCUT2D eigenvalue weighted by Gasteiger charge is 2.11. The Morgan fingerprint density at radius 1 is 1.08 bits per heavy atom. The van der Waals surface area contributed by atoms with Crippen LogP contribution in [0.15, 0.2) is 24.3 Å². The van der Waals surface area contributed by atoms with Gasteiger partial charge in [0.1, 0.15) is 5.82 Å². The van der Waals surface area contributed by atoms with Gasteiger partial charge in [-0.25, -0.2) is 4.39 Å². The molecule has 0 fully saturated rings. The standard InChI is InChI=1S/C15H18FN3O5S/c1-17-12(20)6-18-13(21)7-24-15(23)9-25-8-14(22)19-11-5-3-2-4-10(11)16/h2-5H,6-9H2,1H3,(H,17,20)(H,18,21)(H,19,22). The van der Waals surface area contributed by atoms with E-state index in [0.29, 0.717) is 0 Å². The van der Waals surface area contributed by atoms with Crippen LogP contribution in [0.2, 0.25) is 0 Å². The van der Waals surface area contributed by atoms with E-state index in [1.165, 1.54) is 25.2 Å². The Balaban J connectivity index is 2.17. The quantitative estimate of drug-likeness (QED) is 0.523. The van der Waals surface area contributed by atoms with Crippen LogP contribution >= 0.6 is 11.8 Å². The van der Waals surface area contributed by atoms with Gasteiger partial charge in [0.05, 0.1) is 23.7 Å². The van der Waals surface area contributed by atoms with E-state index in [2.05, 4.69) is 16.0 Å². The molecule has 25 heavy (non-hydrogen) atoms. The molecule has 0 unspecified atom stereocenters. The number of carbonyl (C=O) groups excluding carboxylic acids is 4. The van der Waals surface area contributed by atoms with E-state index in [4.69, 9.17) is 4.74 Å². The minimum atomic E-state index is -0.682. The van der Waals surface area contributed by atoms with Gasteiger partial charge in [0.25, 0.3) is 5.91 Å². The molecule has 0 radical (unpaired) electrons. The average molecular weight is 371 g/mol. The number of ether oxygens (including phenoxy) is 1. The number of amides is 3. The lowest BCUT2D eigenvalue weighted by molar-refractivity contribution is -0.146. The Morgan fingerprint density at radius 2 is 1.80 bits per heavy atom. The number of anilines is 1. The topological polar surface area (TPSA) is 114 Å². The third-order valence-electron chi connectivity index (χ3n) is 2.69. The molecule has 3 N–H and O–H groups in total. The maximum absolute atomic E-state index is 13.4. The van der Waals surface area contributed by atoms with Gasteiger partial charge in [-0.05, 0) is 12.1 Å². The number of benzene rings is 1. The fourth-order valence-corrected chi connectivity index (χ4v) is 2.09. The van der Waals surface area contributed by atoms with Crippen molar-refractivity contribution in [3.8, 4) is 0 Å². The first kappa shape index (κ1) is 20.4. The van der Waals surface area contributed by atoms with Gasteiger partial charge in [-0.15, -0.1) is 11.8 Å². The lowest BCUT2D eigenvalue weighted by Crippen LogP contribution is -2.37. The van der Waals surface area contributed by atoms with Crippen LogP contribution in [-0.2, 0) is 23.9 Å². The third-order valence-corrected chi connectivity index (χ3v) is 3.60. The molecule has 8 nitrogen and oxygen atoms in total. The van der Waals surface area contributed by atoms with E-state index in [0.717, 1.165) is 11.8 Å². The van der Waals surface area contributed by atoms with E-state index in [9.17, 15) is 23.6 Å². The van der Waals surface area contributed by atoms with Crippen LogP contribution in [0.5, 0.6) is 0 Å². The van der Waals surface area contributed by atoms with Crippen molar-refractivity contribution in [2.24, 2.45) is 0 Å². The Bertz CT molecular complexity index is 641. The summed E-state index contributed by atoms with van der Waals surface area (Å²) in [6.45, 7) is -0.727. The fraction of sp³-hybridized carbons (Fsp3) is 0.333. The second-order valence-corrected chi connectivity index (χ2v) is 5.62. The Labute approximate surface area is 147 Å². The van der Waals surface area contributed by atoms with Gasteiger partial charge in [0, 0.05) is 7.05 Å². The summed E-state index contributed by atoms with van der Waals surface area (Å²) >= 11 is 0.963. The number of hydrogen-bond donors (Lipinski definition) is 3. The molecule has 1 aromatic rings. The maximum atomic E-state index is 13.4. The highest BCUT2D eigenvalue weighted by molar-refractivity contribution is 8.00. The zero-order chi connectivity index (χ0) is 18.7. The molecular formula is C15H18FN3O5S. The van der Waals surface area contributed by atoms with Crippen LogP contribution in [0.3, 0.4) is 0 Å². The molecule has 3 amide bonds. The maximum Gasteiger partial charge on any atom is 0.316 e. The summed E-state index contributed by atoms with van der Waals surface area (Å²) in [5.41, 5.74) is 0.0588. The summed E-state index contributed by atoms with van der Waals surface area (Å²) in [7, 11) is 1.42. The molecule has 0 saturated carbocycles. The predicted octanol–water partition coefficient (Wildman–Crippen LogP) is -0.0972. The molecule has 0 atom stereocenters.